The third-order valence-electron chi connectivity index (χ3n) is 1.67. The molecule has 6 heteroatoms. The van der Waals surface area contributed by atoms with E-state index in [9.17, 15) is 9.59 Å². The number of carbonyl (C=O) groups excluding carboxylic acids is 2. The molecule has 0 spiro atoms. The van der Waals surface area contributed by atoms with E-state index < -0.39 is 5.91 Å². The van der Waals surface area contributed by atoms with Crippen LogP contribution in [0, 0.1) is 0 Å². The molecule has 0 saturated carbocycles. The summed E-state index contributed by atoms with van der Waals surface area (Å²) >= 11 is 7.06. The van der Waals surface area contributed by atoms with E-state index in [1.807, 2.05) is 11.8 Å². The number of urea groups is 1. The lowest BCUT2D eigenvalue weighted by Gasteiger charge is -2.25. The summed E-state index contributed by atoms with van der Waals surface area (Å²) in [5, 5.41) is 2.21. The highest BCUT2D eigenvalue weighted by Crippen LogP contribution is 2.08. The van der Waals surface area contributed by atoms with Gasteiger partial charge in [0, 0.05) is 24.6 Å². The number of hydrogen-bond acceptors (Lipinski definition) is 3. The molecule has 1 N–H and O–H groups in total. The predicted octanol–water partition coefficient (Wildman–Crippen LogP) is 0.510. The molecule has 0 bridgehead atoms. The number of nitrogens with zero attached hydrogens (tertiary/aromatic N) is 1. The van der Waals surface area contributed by atoms with Crippen LogP contribution >= 0.6 is 23.4 Å². The monoisotopic (exact) mass is 222 g/mol. The van der Waals surface area contributed by atoms with E-state index in [0.29, 0.717) is 13.1 Å². The van der Waals surface area contributed by atoms with Gasteiger partial charge in [-0.3, -0.25) is 10.1 Å². The third-order valence-corrected chi connectivity index (χ3v) is 2.85. The van der Waals surface area contributed by atoms with E-state index >= 15 is 0 Å². The van der Waals surface area contributed by atoms with Crippen LogP contribution in [0.25, 0.3) is 0 Å². The summed E-state index contributed by atoms with van der Waals surface area (Å²) in [6.07, 6.45) is 0. The number of alkyl halides is 1. The number of imide groups is 1. The average Bonchev–Trinajstić information content (AvgIpc) is 2.19. The van der Waals surface area contributed by atoms with Crippen molar-refractivity contribution in [1.29, 1.82) is 0 Å². The van der Waals surface area contributed by atoms with Crippen LogP contribution in [0.3, 0.4) is 0 Å². The van der Waals surface area contributed by atoms with Gasteiger partial charge in [0.2, 0.25) is 5.91 Å². The maximum absolute atomic E-state index is 11.3. The lowest BCUT2D eigenvalue weighted by Crippen LogP contribution is -2.46. The molecule has 0 aliphatic carbocycles. The smallest absolute Gasteiger partial charge is 0.323 e. The Morgan fingerprint density at radius 2 is 2.00 bits per heavy atom. The predicted molar refractivity (Wildman–Crippen MR) is 53.2 cm³/mol. The Kier molecular flexibility index (Phi) is 4.38. The zero-order valence-electron chi connectivity index (χ0n) is 7.09. The first kappa shape index (κ1) is 10.7. The second kappa shape index (κ2) is 5.34. The summed E-state index contributed by atoms with van der Waals surface area (Å²) in [6, 6.07) is -0.328. The van der Waals surface area contributed by atoms with Gasteiger partial charge in [0.15, 0.2) is 0 Å². The molecule has 1 aliphatic heterocycles. The molecule has 13 heavy (non-hydrogen) atoms. The molecule has 1 fully saturated rings. The average molecular weight is 223 g/mol. The number of halogens is 1. The van der Waals surface area contributed by atoms with Crippen LogP contribution < -0.4 is 5.32 Å². The molecule has 1 rings (SSSR count). The summed E-state index contributed by atoms with van der Waals surface area (Å²) in [7, 11) is 0. The van der Waals surface area contributed by atoms with Gasteiger partial charge in [-0.15, -0.1) is 11.6 Å². The van der Waals surface area contributed by atoms with E-state index in [2.05, 4.69) is 5.32 Å². The van der Waals surface area contributed by atoms with Crippen LogP contribution in [-0.4, -0.2) is 47.3 Å². The highest BCUT2D eigenvalue weighted by molar-refractivity contribution is 7.99. The van der Waals surface area contributed by atoms with Crippen LogP contribution in [0.5, 0.6) is 0 Å². The Balaban J connectivity index is 2.33. The third kappa shape index (κ3) is 3.44. The molecule has 74 valence electrons. The molecule has 0 atom stereocenters. The highest BCUT2D eigenvalue weighted by Gasteiger charge is 2.17. The molecule has 0 aromatic rings. The number of thioether (sulfide) groups is 1. The van der Waals surface area contributed by atoms with E-state index in [-0.39, 0.29) is 11.9 Å². The Bertz CT molecular complexity index is 207. The maximum Gasteiger partial charge on any atom is 0.324 e. The molecule has 1 aliphatic rings. The molecule has 4 nitrogen and oxygen atoms in total. The van der Waals surface area contributed by atoms with Crippen LogP contribution in [0.4, 0.5) is 4.79 Å². The van der Waals surface area contributed by atoms with Crippen LogP contribution in [-0.2, 0) is 4.79 Å². The van der Waals surface area contributed by atoms with Crippen molar-refractivity contribution in [2.45, 2.75) is 0 Å². The van der Waals surface area contributed by atoms with Gasteiger partial charge < -0.3 is 4.90 Å². The standard InChI is InChI=1S/C7H11ClN2O2S/c8-5-6(11)9-7(12)10-1-3-13-4-2-10/h1-5H2,(H,9,11,12). The normalized spacial score (nSPS) is 16.8. The Hall–Kier alpha value is -0.420. The molecule has 0 aromatic heterocycles. The first-order valence-corrected chi connectivity index (χ1v) is 5.65. The van der Waals surface area contributed by atoms with Crippen molar-refractivity contribution in [1.82, 2.24) is 10.2 Å². The Morgan fingerprint density at radius 1 is 1.38 bits per heavy atom. The summed E-state index contributed by atoms with van der Waals surface area (Å²) in [6.45, 7) is 1.40. The van der Waals surface area contributed by atoms with Crippen molar-refractivity contribution in [3.05, 3.63) is 0 Å². The molecular formula is C7H11ClN2O2S. The largest absolute Gasteiger partial charge is 0.324 e. The summed E-state index contributed by atoms with van der Waals surface area (Å²) in [5.74, 6) is 1.25. The Labute approximate surface area is 86.0 Å². The van der Waals surface area contributed by atoms with Crippen LogP contribution in [0.15, 0.2) is 0 Å². The zero-order valence-corrected chi connectivity index (χ0v) is 8.66. The van der Waals surface area contributed by atoms with Crippen molar-refractivity contribution in [2.24, 2.45) is 0 Å². The van der Waals surface area contributed by atoms with Gasteiger partial charge in [-0.2, -0.15) is 11.8 Å². The van der Waals surface area contributed by atoms with E-state index in [0.717, 1.165) is 11.5 Å². The SMILES string of the molecule is O=C(CCl)NC(=O)N1CCSCC1. The lowest BCUT2D eigenvalue weighted by molar-refractivity contribution is -0.117. The van der Waals surface area contributed by atoms with Gasteiger partial charge in [-0.25, -0.2) is 4.79 Å². The molecule has 1 saturated heterocycles. The summed E-state index contributed by atoms with van der Waals surface area (Å²) in [5.41, 5.74) is 0. The lowest BCUT2D eigenvalue weighted by atomic mass is 10.5. The topological polar surface area (TPSA) is 49.4 Å². The molecule has 3 amide bonds. The minimum atomic E-state index is -0.440. The van der Waals surface area contributed by atoms with Gasteiger partial charge in [0.05, 0.1) is 0 Å². The number of amides is 3. The van der Waals surface area contributed by atoms with Gasteiger partial charge >= 0.3 is 6.03 Å². The molecule has 0 radical (unpaired) electrons. The van der Waals surface area contributed by atoms with E-state index in [4.69, 9.17) is 11.6 Å². The number of rotatable bonds is 1. The van der Waals surface area contributed by atoms with Crippen molar-refractivity contribution in [2.75, 3.05) is 30.5 Å². The second-order valence-electron chi connectivity index (χ2n) is 2.59. The second-order valence-corrected chi connectivity index (χ2v) is 4.08. The first-order valence-electron chi connectivity index (χ1n) is 3.96. The number of hydrogen-bond donors (Lipinski definition) is 1. The quantitative estimate of drug-likeness (QED) is 0.658. The molecular weight excluding hydrogens is 212 g/mol. The summed E-state index contributed by atoms with van der Waals surface area (Å²) < 4.78 is 0. The van der Waals surface area contributed by atoms with Gasteiger partial charge in [0.25, 0.3) is 0 Å². The minimum Gasteiger partial charge on any atom is -0.323 e. The van der Waals surface area contributed by atoms with Crippen LogP contribution in [0.2, 0.25) is 0 Å². The van der Waals surface area contributed by atoms with Gasteiger partial charge in [0.1, 0.15) is 5.88 Å². The minimum absolute atomic E-state index is 0.172. The van der Waals surface area contributed by atoms with E-state index in [1.165, 1.54) is 0 Å². The molecule has 1 heterocycles. The maximum atomic E-state index is 11.3. The fourth-order valence-electron chi connectivity index (χ4n) is 0.998. The van der Waals surface area contributed by atoms with Gasteiger partial charge in [-0.05, 0) is 0 Å². The van der Waals surface area contributed by atoms with Gasteiger partial charge in [-0.1, -0.05) is 0 Å². The fourth-order valence-corrected chi connectivity index (χ4v) is 1.97. The van der Waals surface area contributed by atoms with Crippen molar-refractivity contribution in [3.8, 4) is 0 Å². The number of nitrogens with one attached hydrogen (secondary N) is 1. The molecule has 0 unspecified atom stereocenters. The first-order chi connectivity index (χ1) is 6.24. The molecule has 0 aromatic carbocycles. The fraction of sp³-hybridized carbons (Fsp3) is 0.714. The zero-order chi connectivity index (χ0) is 9.68. The number of carbonyl (C=O) groups is 2. The van der Waals surface area contributed by atoms with Crippen molar-refractivity contribution in [3.63, 3.8) is 0 Å². The van der Waals surface area contributed by atoms with Crippen molar-refractivity contribution < 1.29 is 9.59 Å². The Morgan fingerprint density at radius 3 is 2.54 bits per heavy atom. The summed E-state index contributed by atoms with van der Waals surface area (Å²) in [4.78, 5) is 23.7. The van der Waals surface area contributed by atoms with Crippen molar-refractivity contribution >= 4 is 35.3 Å². The highest BCUT2D eigenvalue weighted by atomic mass is 35.5. The van der Waals surface area contributed by atoms with E-state index in [1.54, 1.807) is 4.90 Å². The van der Waals surface area contributed by atoms with Crippen LogP contribution in [0.1, 0.15) is 0 Å².